The Morgan fingerprint density at radius 3 is 2.58 bits per heavy atom. The van der Waals surface area contributed by atoms with Crippen molar-refractivity contribution < 1.29 is 19.4 Å². The number of amides is 2. The van der Waals surface area contributed by atoms with Crippen LogP contribution >= 0.6 is 0 Å². The number of hydrogen-bond acceptors (Lipinski definition) is 3. The molecule has 1 fully saturated rings. The van der Waals surface area contributed by atoms with E-state index in [1.807, 2.05) is 0 Å². The first-order valence-electron chi connectivity index (χ1n) is 6.71. The van der Waals surface area contributed by atoms with Gasteiger partial charge < -0.3 is 20.1 Å². The molecule has 0 aromatic heterocycles. The Kier molecular flexibility index (Phi) is 6.08. The summed E-state index contributed by atoms with van der Waals surface area (Å²) in [5.41, 5.74) is 0.107. The van der Waals surface area contributed by atoms with Gasteiger partial charge >= 0.3 is 12.0 Å². The highest BCUT2D eigenvalue weighted by atomic mass is 16.5. The van der Waals surface area contributed by atoms with Gasteiger partial charge in [-0.1, -0.05) is 6.92 Å². The van der Waals surface area contributed by atoms with Crippen molar-refractivity contribution in [2.45, 2.75) is 32.6 Å². The number of ether oxygens (including phenoxy) is 1. The Balaban J connectivity index is 2.23. The monoisotopic (exact) mass is 272 g/mol. The number of aliphatic carboxylic acids is 1. The van der Waals surface area contributed by atoms with E-state index in [9.17, 15) is 9.59 Å². The van der Waals surface area contributed by atoms with Crippen molar-refractivity contribution >= 4 is 12.0 Å². The molecule has 2 amide bonds. The maximum absolute atomic E-state index is 11.8. The zero-order valence-electron chi connectivity index (χ0n) is 11.8. The standard InChI is InChI=1S/C13H24N2O4/c1-13(5-8-19-9-6-13)10-14-12(18)15(2)7-3-4-11(16)17/h3-10H2,1-2H3,(H,14,18)(H,16,17). The van der Waals surface area contributed by atoms with Gasteiger partial charge in [-0.25, -0.2) is 4.79 Å². The average Bonchev–Trinajstić information content (AvgIpc) is 2.36. The summed E-state index contributed by atoms with van der Waals surface area (Å²) in [6, 6.07) is -0.141. The fourth-order valence-corrected chi connectivity index (χ4v) is 2.03. The van der Waals surface area contributed by atoms with E-state index in [1.54, 1.807) is 7.05 Å². The van der Waals surface area contributed by atoms with Gasteiger partial charge in [0, 0.05) is 39.8 Å². The van der Waals surface area contributed by atoms with E-state index in [0.717, 1.165) is 26.1 Å². The predicted molar refractivity (Wildman–Crippen MR) is 71.1 cm³/mol. The van der Waals surface area contributed by atoms with Crippen molar-refractivity contribution in [3.8, 4) is 0 Å². The number of nitrogens with one attached hydrogen (secondary N) is 1. The van der Waals surface area contributed by atoms with Crippen LogP contribution in [0.1, 0.15) is 32.6 Å². The van der Waals surface area contributed by atoms with Gasteiger partial charge in [0.1, 0.15) is 0 Å². The fraction of sp³-hybridized carbons (Fsp3) is 0.846. The largest absolute Gasteiger partial charge is 0.481 e. The number of carboxylic acids is 1. The molecule has 0 aromatic carbocycles. The third-order valence-electron chi connectivity index (χ3n) is 3.60. The molecule has 1 heterocycles. The van der Waals surface area contributed by atoms with Crippen LogP contribution in [-0.4, -0.2) is 55.4 Å². The molecule has 0 saturated carbocycles. The summed E-state index contributed by atoms with van der Waals surface area (Å²) in [6.07, 6.45) is 2.48. The molecular formula is C13H24N2O4. The molecule has 1 aliphatic rings. The fourth-order valence-electron chi connectivity index (χ4n) is 2.03. The molecule has 6 nitrogen and oxygen atoms in total. The maximum atomic E-state index is 11.8. The predicted octanol–water partition coefficient (Wildman–Crippen LogP) is 1.31. The Morgan fingerprint density at radius 1 is 1.37 bits per heavy atom. The lowest BCUT2D eigenvalue weighted by Gasteiger charge is -2.34. The molecule has 0 atom stereocenters. The Labute approximate surface area is 114 Å². The second-order valence-electron chi connectivity index (χ2n) is 5.50. The van der Waals surface area contributed by atoms with Gasteiger partial charge in [0.25, 0.3) is 0 Å². The quantitative estimate of drug-likeness (QED) is 0.764. The van der Waals surface area contributed by atoms with Crippen LogP contribution in [0.5, 0.6) is 0 Å². The maximum Gasteiger partial charge on any atom is 0.317 e. The number of nitrogens with zero attached hydrogens (tertiary/aromatic N) is 1. The molecular weight excluding hydrogens is 248 g/mol. The topological polar surface area (TPSA) is 78.9 Å². The van der Waals surface area contributed by atoms with Crippen LogP contribution < -0.4 is 5.32 Å². The lowest BCUT2D eigenvalue weighted by atomic mass is 9.82. The molecule has 2 N–H and O–H groups in total. The van der Waals surface area contributed by atoms with Crippen LogP contribution in [0.25, 0.3) is 0 Å². The average molecular weight is 272 g/mol. The number of hydrogen-bond donors (Lipinski definition) is 2. The highest BCUT2D eigenvalue weighted by molar-refractivity contribution is 5.74. The van der Waals surface area contributed by atoms with Crippen LogP contribution in [0.3, 0.4) is 0 Å². The van der Waals surface area contributed by atoms with E-state index >= 15 is 0 Å². The minimum absolute atomic E-state index is 0.0900. The van der Waals surface area contributed by atoms with Gasteiger partial charge in [-0.15, -0.1) is 0 Å². The SMILES string of the molecule is CN(CCCC(=O)O)C(=O)NCC1(C)CCOCC1. The lowest BCUT2D eigenvalue weighted by molar-refractivity contribution is -0.137. The molecule has 0 radical (unpaired) electrons. The van der Waals surface area contributed by atoms with Crippen molar-refractivity contribution in [1.29, 1.82) is 0 Å². The van der Waals surface area contributed by atoms with Crippen molar-refractivity contribution in [3.05, 3.63) is 0 Å². The van der Waals surface area contributed by atoms with Crippen molar-refractivity contribution in [3.63, 3.8) is 0 Å². The third-order valence-corrected chi connectivity index (χ3v) is 3.60. The first-order valence-corrected chi connectivity index (χ1v) is 6.71. The summed E-state index contributed by atoms with van der Waals surface area (Å²) < 4.78 is 5.32. The van der Waals surface area contributed by atoms with Crippen molar-refractivity contribution in [2.24, 2.45) is 5.41 Å². The molecule has 1 rings (SSSR count). The molecule has 0 unspecified atom stereocenters. The van der Waals surface area contributed by atoms with E-state index in [0.29, 0.717) is 19.5 Å². The van der Waals surface area contributed by atoms with E-state index in [4.69, 9.17) is 9.84 Å². The van der Waals surface area contributed by atoms with Crippen LogP contribution in [0.15, 0.2) is 0 Å². The van der Waals surface area contributed by atoms with Crippen LogP contribution in [0, 0.1) is 5.41 Å². The Morgan fingerprint density at radius 2 is 2.00 bits per heavy atom. The second kappa shape index (κ2) is 7.33. The molecule has 6 heteroatoms. The molecule has 0 bridgehead atoms. The lowest BCUT2D eigenvalue weighted by Crippen LogP contribution is -2.44. The van der Waals surface area contributed by atoms with Gasteiger partial charge in [-0.3, -0.25) is 4.79 Å². The summed E-state index contributed by atoms with van der Waals surface area (Å²) in [6.45, 7) is 4.75. The normalized spacial score (nSPS) is 17.8. The first-order chi connectivity index (χ1) is 8.93. The molecule has 0 aromatic rings. The van der Waals surface area contributed by atoms with Gasteiger partial charge in [0.05, 0.1) is 0 Å². The number of rotatable bonds is 6. The molecule has 0 aliphatic carbocycles. The number of carboxylic acid groups (broad SMARTS) is 1. The van der Waals surface area contributed by atoms with Crippen molar-refractivity contribution in [1.82, 2.24) is 10.2 Å². The second-order valence-corrected chi connectivity index (χ2v) is 5.50. The van der Waals surface area contributed by atoms with Gasteiger partial charge in [0.2, 0.25) is 0 Å². The highest BCUT2D eigenvalue weighted by Crippen LogP contribution is 2.28. The van der Waals surface area contributed by atoms with Crippen LogP contribution in [0.2, 0.25) is 0 Å². The minimum Gasteiger partial charge on any atom is -0.481 e. The summed E-state index contributed by atoms with van der Waals surface area (Å²) in [5, 5.41) is 11.5. The van der Waals surface area contributed by atoms with Crippen molar-refractivity contribution in [2.75, 3.05) is 33.4 Å². The third kappa shape index (κ3) is 5.92. The molecule has 1 aliphatic heterocycles. The smallest absolute Gasteiger partial charge is 0.317 e. The van der Waals surface area contributed by atoms with Gasteiger partial charge in [0.15, 0.2) is 0 Å². The molecule has 0 spiro atoms. The Bertz CT molecular complexity index is 314. The number of carbonyl (C=O) groups is 2. The van der Waals surface area contributed by atoms with E-state index in [1.165, 1.54) is 4.90 Å². The Hall–Kier alpha value is -1.30. The zero-order valence-corrected chi connectivity index (χ0v) is 11.8. The number of carbonyl (C=O) groups excluding carboxylic acids is 1. The molecule has 1 saturated heterocycles. The first kappa shape index (κ1) is 15.8. The van der Waals surface area contributed by atoms with E-state index in [-0.39, 0.29) is 17.9 Å². The highest BCUT2D eigenvalue weighted by Gasteiger charge is 2.28. The number of urea groups is 1. The minimum atomic E-state index is -0.830. The summed E-state index contributed by atoms with van der Waals surface area (Å²) in [7, 11) is 1.68. The zero-order chi connectivity index (χ0) is 14.3. The van der Waals surface area contributed by atoms with Crippen LogP contribution in [-0.2, 0) is 9.53 Å². The molecule has 110 valence electrons. The summed E-state index contributed by atoms with van der Waals surface area (Å²) in [4.78, 5) is 23.8. The molecule has 19 heavy (non-hydrogen) atoms. The summed E-state index contributed by atoms with van der Waals surface area (Å²) in [5.74, 6) is -0.830. The van der Waals surface area contributed by atoms with Gasteiger partial charge in [-0.05, 0) is 24.7 Å². The van der Waals surface area contributed by atoms with E-state index < -0.39 is 5.97 Å². The van der Waals surface area contributed by atoms with Gasteiger partial charge in [-0.2, -0.15) is 0 Å². The summed E-state index contributed by atoms with van der Waals surface area (Å²) >= 11 is 0. The van der Waals surface area contributed by atoms with E-state index in [2.05, 4.69) is 12.2 Å². The van der Waals surface area contributed by atoms with Crippen LogP contribution in [0.4, 0.5) is 4.79 Å².